The lowest BCUT2D eigenvalue weighted by Gasteiger charge is -2.32. The number of hydrogen-bond donors (Lipinski definition) is 4. The topological polar surface area (TPSA) is 142 Å². The molecule has 184 valence electrons. The molecule has 0 saturated carbocycles. The molecule has 9 nitrogen and oxygen atoms in total. The van der Waals surface area contributed by atoms with Crippen LogP contribution >= 0.6 is 0 Å². The average Bonchev–Trinajstić information content (AvgIpc) is 3.23. The van der Waals surface area contributed by atoms with E-state index in [4.69, 9.17) is 5.73 Å². The largest absolute Gasteiger partial charge is 0.480 e. The zero-order valence-corrected chi connectivity index (χ0v) is 20.4. The van der Waals surface area contributed by atoms with Gasteiger partial charge in [-0.05, 0) is 37.0 Å². The molecule has 32 heavy (non-hydrogen) atoms. The highest BCUT2D eigenvalue weighted by atomic mass is 16.4. The fourth-order valence-corrected chi connectivity index (χ4v) is 3.97. The Labute approximate surface area is 191 Å². The second kappa shape index (κ2) is 12.8. The number of amides is 3. The zero-order chi connectivity index (χ0) is 24.6. The highest BCUT2D eigenvalue weighted by molar-refractivity contribution is 5.94. The van der Waals surface area contributed by atoms with Gasteiger partial charge in [-0.25, -0.2) is 4.79 Å². The molecule has 1 aliphatic heterocycles. The third-order valence-corrected chi connectivity index (χ3v) is 6.45. The molecule has 0 aliphatic carbocycles. The molecule has 0 radical (unpaired) electrons. The molecule has 0 aromatic carbocycles. The summed E-state index contributed by atoms with van der Waals surface area (Å²) in [5.41, 5.74) is 6.01. The number of carboxylic acids is 1. The van der Waals surface area contributed by atoms with E-state index in [0.717, 1.165) is 0 Å². The SMILES string of the molecule is CCC(C)C(NC(=O)C1CCCN1C(=O)C(NC(=O)C(N)CC(C)C)C(C)CC)C(=O)O. The van der Waals surface area contributed by atoms with E-state index in [-0.39, 0.29) is 29.6 Å². The van der Waals surface area contributed by atoms with Crippen molar-refractivity contribution in [3.05, 3.63) is 0 Å². The van der Waals surface area contributed by atoms with E-state index in [9.17, 15) is 24.3 Å². The van der Waals surface area contributed by atoms with Gasteiger partial charge in [-0.3, -0.25) is 14.4 Å². The Morgan fingerprint density at radius 1 is 1.00 bits per heavy atom. The highest BCUT2D eigenvalue weighted by Gasteiger charge is 2.40. The lowest BCUT2D eigenvalue weighted by Crippen LogP contribution is -2.58. The Bertz CT molecular complexity index is 669. The second-order valence-electron chi connectivity index (χ2n) is 9.51. The van der Waals surface area contributed by atoms with E-state index in [1.54, 1.807) is 6.92 Å². The maximum atomic E-state index is 13.4. The molecule has 0 aromatic rings. The van der Waals surface area contributed by atoms with Crippen molar-refractivity contribution in [3.63, 3.8) is 0 Å². The van der Waals surface area contributed by atoms with Crippen LogP contribution in [0.2, 0.25) is 0 Å². The number of carboxylic acid groups (broad SMARTS) is 1. The standard InChI is InChI=1S/C23H42N4O5/c1-7-14(5)18(25-20(28)16(24)12-13(3)4)22(30)27-11-9-10-17(27)21(29)26-19(23(31)32)15(6)8-2/h13-19H,7-12,24H2,1-6H3,(H,25,28)(H,26,29)(H,31,32). The molecule has 3 amide bonds. The van der Waals surface area contributed by atoms with Crippen LogP contribution in [0.1, 0.15) is 73.6 Å². The first-order valence-electron chi connectivity index (χ1n) is 11.8. The molecule has 0 spiro atoms. The van der Waals surface area contributed by atoms with Crippen LogP contribution < -0.4 is 16.4 Å². The Morgan fingerprint density at radius 2 is 1.56 bits per heavy atom. The molecule has 6 atom stereocenters. The van der Waals surface area contributed by atoms with E-state index in [1.807, 2.05) is 34.6 Å². The molecule has 9 heteroatoms. The lowest BCUT2D eigenvalue weighted by atomic mass is 9.96. The van der Waals surface area contributed by atoms with Gasteiger partial charge < -0.3 is 26.4 Å². The van der Waals surface area contributed by atoms with Crippen LogP contribution in [0.5, 0.6) is 0 Å². The smallest absolute Gasteiger partial charge is 0.326 e. The number of likely N-dealkylation sites (tertiary alicyclic amines) is 1. The first-order chi connectivity index (χ1) is 14.9. The number of carbonyl (C=O) groups is 4. The average molecular weight is 455 g/mol. The van der Waals surface area contributed by atoms with E-state index >= 15 is 0 Å². The van der Waals surface area contributed by atoms with Gasteiger partial charge in [0.15, 0.2) is 0 Å². The maximum absolute atomic E-state index is 13.4. The van der Waals surface area contributed by atoms with Crippen molar-refractivity contribution in [3.8, 4) is 0 Å². The van der Waals surface area contributed by atoms with Gasteiger partial charge in [0, 0.05) is 6.54 Å². The molecular weight excluding hydrogens is 412 g/mol. The van der Waals surface area contributed by atoms with Crippen LogP contribution in [0, 0.1) is 17.8 Å². The van der Waals surface area contributed by atoms with Gasteiger partial charge in [0.1, 0.15) is 18.1 Å². The van der Waals surface area contributed by atoms with Gasteiger partial charge in [0.2, 0.25) is 17.7 Å². The summed E-state index contributed by atoms with van der Waals surface area (Å²) in [5.74, 6) is -2.39. The van der Waals surface area contributed by atoms with Gasteiger partial charge >= 0.3 is 5.97 Å². The third kappa shape index (κ3) is 7.46. The van der Waals surface area contributed by atoms with Gasteiger partial charge in [-0.1, -0.05) is 54.4 Å². The number of hydrogen-bond acceptors (Lipinski definition) is 5. The van der Waals surface area contributed by atoms with Crippen molar-refractivity contribution in [1.82, 2.24) is 15.5 Å². The van der Waals surface area contributed by atoms with Gasteiger partial charge in [-0.2, -0.15) is 0 Å². The Kier molecular flexibility index (Phi) is 11.1. The van der Waals surface area contributed by atoms with E-state index in [0.29, 0.717) is 38.6 Å². The van der Waals surface area contributed by atoms with Crippen molar-refractivity contribution in [1.29, 1.82) is 0 Å². The number of nitrogens with two attached hydrogens (primary N) is 1. The number of rotatable bonds is 12. The Hall–Kier alpha value is -2.16. The fraction of sp³-hybridized carbons (Fsp3) is 0.826. The number of aliphatic carboxylic acids is 1. The van der Waals surface area contributed by atoms with Gasteiger partial charge in [-0.15, -0.1) is 0 Å². The van der Waals surface area contributed by atoms with Gasteiger partial charge in [0.05, 0.1) is 6.04 Å². The quantitative estimate of drug-likeness (QED) is 0.352. The molecular formula is C23H42N4O5. The Balaban J connectivity index is 3.00. The predicted molar refractivity (Wildman–Crippen MR) is 123 cm³/mol. The minimum Gasteiger partial charge on any atom is -0.480 e. The van der Waals surface area contributed by atoms with Crippen LogP contribution in [0.3, 0.4) is 0 Å². The molecule has 1 rings (SSSR count). The zero-order valence-electron chi connectivity index (χ0n) is 20.4. The molecule has 6 unspecified atom stereocenters. The molecule has 0 aromatic heterocycles. The van der Waals surface area contributed by atoms with Crippen LogP contribution in [-0.2, 0) is 19.2 Å². The summed E-state index contributed by atoms with van der Waals surface area (Å²) in [4.78, 5) is 52.1. The summed E-state index contributed by atoms with van der Waals surface area (Å²) >= 11 is 0. The Morgan fingerprint density at radius 3 is 2.06 bits per heavy atom. The van der Waals surface area contributed by atoms with Crippen LogP contribution in [0.15, 0.2) is 0 Å². The number of nitrogens with zero attached hydrogens (tertiary/aromatic N) is 1. The summed E-state index contributed by atoms with van der Waals surface area (Å²) in [7, 11) is 0. The highest BCUT2D eigenvalue weighted by Crippen LogP contribution is 2.22. The summed E-state index contributed by atoms with van der Waals surface area (Å²) in [6, 6.07) is -3.26. The van der Waals surface area contributed by atoms with Crippen molar-refractivity contribution >= 4 is 23.7 Å². The molecule has 1 fully saturated rings. The molecule has 1 aliphatic rings. The monoisotopic (exact) mass is 454 g/mol. The number of nitrogens with one attached hydrogen (secondary N) is 2. The minimum atomic E-state index is -1.09. The van der Waals surface area contributed by atoms with Crippen LogP contribution in [0.4, 0.5) is 0 Å². The van der Waals surface area contributed by atoms with E-state index in [2.05, 4.69) is 10.6 Å². The van der Waals surface area contributed by atoms with E-state index < -0.39 is 36.0 Å². The summed E-state index contributed by atoms with van der Waals surface area (Å²) in [6.07, 6.45) is 2.87. The van der Waals surface area contributed by atoms with Crippen molar-refractivity contribution in [2.24, 2.45) is 23.5 Å². The summed E-state index contributed by atoms with van der Waals surface area (Å²) in [6.45, 7) is 11.8. The first kappa shape index (κ1) is 27.9. The molecule has 0 bridgehead atoms. The van der Waals surface area contributed by atoms with Crippen molar-refractivity contribution < 1.29 is 24.3 Å². The van der Waals surface area contributed by atoms with Gasteiger partial charge in [0.25, 0.3) is 0 Å². The molecule has 1 heterocycles. The maximum Gasteiger partial charge on any atom is 0.326 e. The van der Waals surface area contributed by atoms with Crippen molar-refractivity contribution in [2.45, 2.75) is 97.8 Å². The summed E-state index contributed by atoms with van der Waals surface area (Å²) in [5, 5.41) is 14.9. The second-order valence-corrected chi connectivity index (χ2v) is 9.51. The first-order valence-corrected chi connectivity index (χ1v) is 11.8. The van der Waals surface area contributed by atoms with Crippen molar-refractivity contribution in [2.75, 3.05) is 6.54 Å². The van der Waals surface area contributed by atoms with Crippen LogP contribution in [0.25, 0.3) is 0 Å². The predicted octanol–water partition coefficient (Wildman–Crippen LogP) is 1.50. The summed E-state index contributed by atoms with van der Waals surface area (Å²) < 4.78 is 0. The minimum absolute atomic E-state index is 0.145. The number of carbonyl (C=O) groups excluding carboxylic acids is 3. The third-order valence-electron chi connectivity index (χ3n) is 6.45. The van der Waals surface area contributed by atoms with E-state index in [1.165, 1.54) is 4.90 Å². The molecule has 1 saturated heterocycles. The lowest BCUT2D eigenvalue weighted by molar-refractivity contribution is -0.146. The fourth-order valence-electron chi connectivity index (χ4n) is 3.97. The normalized spacial score (nSPS) is 20.9. The molecule has 5 N–H and O–H groups in total. The van der Waals surface area contributed by atoms with Crippen LogP contribution in [-0.4, -0.2) is 64.4 Å².